The van der Waals surface area contributed by atoms with Crippen LogP contribution in [0.2, 0.25) is 5.02 Å². The van der Waals surface area contributed by atoms with Gasteiger partial charge in [0.1, 0.15) is 0 Å². The predicted molar refractivity (Wildman–Crippen MR) is 84.1 cm³/mol. The molecule has 0 amide bonds. The van der Waals surface area contributed by atoms with Gasteiger partial charge in [0.05, 0.1) is 33.4 Å². The number of phenols is 1. The average Bonchev–Trinajstić information content (AvgIpc) is 2.48. The molecule has 0 radical (unpaired) electrons. The van der Waals surface area contributed by atoms with E-state index in [1.165, 1.54) is 0 Å². The van der Waals surface area contributed by atoms with Gasteiger partial charge in [0.15, 0.2) is 0 Å². The minimum atomic E-state index is -0.913. The van der Waals surface area contributed by atoms with E-state index >= 15 is 0 Å². The maximum absolute atomic E-state index is 10.8. The van der Waals surface area contributed by atoms with E-state index in [4.69, 9.17) is 11.6 Å². The van der Waals surface area contributed by atoms with Gasteiger partial charge >= 0.3 is 5.69 Å². The number of rotatable bonds is 5. The van der Waals surface area contributed by atoms with Crippen molar-refractivity contribution in [3.05, 3.63) is 67.2 Å². The third kappa shape index (κ3) is 3.92. The number of benzene rings is 2. The average molecular weight is 337 g/mol. The molecule has 0 aromatic heterocycles. The Morgan fingerprint density at radius 2 is 1.91 bits per heavy atom. The molecule has 0 bridgehead atoms. The number of nitrogens with zero attached hydrogens (tertiary/aromatic N) is 3. The summed E-state index contributed by atoms with van der Waals surface area (Å²) in [5.74, 6) is -0.711. The molecule has 0 aliphatic heterocycles. The number of anilines is 1. The van der Waals surface area contributed by atoms with Crippen molar-refractivity contribution in [2.45, 2.75) is 0 Å². The second-order valence-electron chi connectivity index (χ2n) is 4.30. The number of hydrogen-bond acceptors (Lipinski definition) is 7. The van der Waals surface area contributed by atoms with E-state index in [0.717, 1.165) is 12.3 Å². The van der Waals surface area contributed by atoms with Crippen LogP contribution in [0.3, 0.4) is 0 Å². The lowest BCUT2D eigenvalue weighted by atomic mass is 10.1. The molecule has 0 spiro atoms. The van der Waals surface area contributed by atoms with E-state index < -0.39 is 27.0 Å². The predicted octanol–water partition coefficient (Wildman–Crippen LogP) is 3.31. The van der Waals surface area contributed by atoms with Crippen LogP contribution in [0.4, 0.5) is 17.1 Å². The van der Waals surface area contributed by atoms with Gasteiger partial charge in [-0.2, -0.15) is 5.10 Å². The molecule has 23 heavy (non-hydrogen) atoms. The molecule has 2 aromatic rings. The summed E-state index contributed by atoms with van der Waals surface area (Å²) in [6.45, 7) is 0. The first-order valence-electron chi connectivity index (χ1n) is 6.09. The van der Waals surface area contributed by atoms with Gasteiger partial charge in [0.25, 0.3) is 5.69 Å². The second kappa shape index (κ2) is 6.71. The Labute approximate surface area is 134 Å². The minimum absolute atomic E-state index is 0.166. The van der Waals surface area contributed by atoms with Crippen LogP contribution in [0.15, 0.2) is 41.5 Å². The van der Waals surface area contributed by atoms with Crippen molar-refractivity contribution in [1.82, 2.24) is 0 Å². The van der Waals surface area contributed by atoms with Crippen LogP contribution < -0.4 is 5.43 Å². The number of aromatic hydroxyl groups is 1. The van der Waals surface area contributed by atoms with E-state index in [0.29, 0.717) is 16.8 Å². The van der Waals surface area contributed by atoms with Gasteiger partial charge < -0.3 is 5.11 Å². The Morgan fingerprint density at radius 3 is 2.52 bits per heavy atom. The van der Waals surface area contributed by atoms with E-state index in [-0.39, 0.29) is 5.56 Å². The fourth-order valence-corrected chi connectivity index (χ4v) is 1.89. The zero-order valence-electron chi connectivity index (χ0n) is 11.3. The molecule has 0 heterocycles. The van der Waals surface area contributed by atoms with Crippen molar-refractivity contribution in [2.75, 3.05) is 5.43 Å². The normalized spacial score (nSPS) is 10.7. The largest absolute Gasteiger partial charge is 0.502 e. The van der Waals surface area contributed by atoms with Gasteiger partial charge in [-0.3, -0.25) is 25.7 Å². The molecule has 0 atom stereocenters. The Bertz CT molecular complexity index is 809. The summed E-state index contributed by atoms with van der Waals surface area (Å²) in [6.07, 6.45) is 1.04. The number of phenolic OH excluding ortho intramolecular Hbond substituents is 1. The zero-order valence-corrected chi connectivity index (χ0v) is 12.1. The summed E-state index contributed by atoms with van der Waals surface area (Å²) in [5.41, 5.74) is 1.66. The van der Waals surface area contributed by atoms with Crippen LogP contribution in [0.1, 0.15) is 5.56 Å². The fraction of sp³-hybridized carbons (Fsp3) is 0. The lowest BCUT2D eigenvalue weighted by molar-refractivity contribution is -0.394. The van der Waals surface area contributed by atoms with Crippen molar-refractivity contribution >= 4 is 34.9 Å². The molecule has 2 N–H and O–H groups in total. The van der Waals surface area contributed by atoms with Crippen molar-refractivity contribution in [1.29, 1.82) is 0 Å². The molecule has 0 unspecified atom stereocenters. The van der Waals surface area contributed by atoms with Gasteiger partial charge in [-0.05, 0) is 18.2 Å². The number of halogens is 1. The quantitative estimate of drug-likeness (QED) is 0.489. The molecular weight excluding hydrogens is 328 g/mol. The summed E-state index contributed by atoms with van der Waals surface area (Å²) >= 11 is 5.80. The molecule has 2 aromatic carbocycles. The lowest BCUT2D eigenvalue weighted by Crippen LogP contribution is -1.97. The highest BCUT2D eigenvalue weighted by atomic mass is 35.5. The van der Waals surface area contributed by atoms with Crippen molar-refractivity contribution < 1.29 is 15.0 Å². The van der Waals surface area contributed by atoms with E-state index in [1.807, 2.05) is 0 Å². The fourth-order valence-electron chi connectivity index (χ4n) is 1.70. The zero-order chi connectivity index (χ0) is 17.0. The van der Waals surface area contributed by atoms with Crippen molar-refractivity contribution in [3.8, 4) is 5.75 Å². The first kappa shape index (κ1) is 16.2. The molecular formula is C13H9ClN4O5. The summed E-state index contributed by atoms with van der Waals surface area (Å²) < 4.78 is 0. The number of non-ortho nitro benzene ring substituents is 1. The third-order valence-corrected chi connectivity index (χ3v) is 2.97. The van der Waals surface area contributed by atoms with Crippen LogP contribution in [-0.4, -0.2) is 21.2 Å². The third-order valence-electron chi connectivity index (χ3n) is 2.73. The van der Waals surface area contributed by atoms with Crippen LogP contribution in [0.5, 0.6) is 5.75 Å². The van der Waals surface area contributed by atoms with Crippen LogP contribution >= 0.6 is 11.6 Å². The minimum Gasteiger partial charge on any atom is -0.502 e. The number of hydrazone groups is 1. The molecule has 0 aliphatic rings. The van der Waals surface area contributed by atoms with Gasteiger partial charge in [0, 0.05) is 11.1 Å². The molecule has 0 aliphatic carbocycles. The van der Waals surface area contributed by atoms with Gasteiger partial charge in [-0.15, -0.1) is 0 Å². The van der Waals surface area contributed by atoms with Crippen molar-refractivity contribution in [2.24, 2.45) is 5.10 Å². The Hall–Kier alpha value is -3.20. The smallest absolute Gasteiger partial charge is 0.318 e. The van der Waals surface area contributed by atoms with Gasteiger partial charge in [0.2, 0.25) is 5.75 Å². The number of nitrogens with one attached hydrogen (secondary N) is 1. The Balaban J connectivity index is 2.33. The maximum Gasteiger partial charge on any atom is 0.318 e. The molecule has 118 valence electrons. The lowest BCUT2D eigenvalue weighted by Gasteiger charge is -2.02. The van der Waals surface area contributed by atoms with Crippen LogP contribution in [-0.2, 0) is 0 Å². The molecule has 0 fully saturated rings. The van der Waals surface area contributed by atoms with E-state index in [2.05, 4.69) is 10.5 Å². The Morgan fingerprint density at radius 1 is 1.17 bits per heavy atom. The molecule has 0 saturated carbocycles. The summed E-state index contributed by atoms with van der Waals surface area (Å²) in [7, 11) is 0. The summed E-state index contributed by atoms with van der Waals surface area (Å²) in [6, 6.07) is 8.23. The summed E-state index contributed by atoms with van der Waals surface area (Å²) in [5, 5.41) is 35.7. The first-order valence-corrected chi connectivity index (χ1v) is 6.46. The highest BCUT2D eigenvalue weighted by Gasteiger charge is 2.22. The molecule has 9 nitrogen and oxygen atoms in total. The van der Waals surface area contributed by atoms with E-state index in [9.17, 15) is 25.3 Å². The van der Waals surface area contributed by atoms with Crippen LogP contribution in [0.25, 0.3) is 0 Å². The number of nitro groups is 2. The second-order valence-corrected chi connectivity index (χ2v) is 4.73. The van der Waals surface area contributed by atoms with Crippen molar-refractivity contribution in [3.63, 3.8) is 0 Å². The highest BCUT2D eigenvalue weighted by molar-refractivity contribution is 6.30. The molecule has 2 rings (SSSR count). The topological polar surface area (TPSA) is 131 Å². The molecule has 10 heteroatoms. The monoisotopic (exact) mass is 336 g/mol. The van der Waals surface area contributed by atoms with Gasteiger partial charge in [-0.1, -0.05) is 17.7 Å². The Kier molecular flexibility index (Phi) is 4.72. The standard InChI is InChI=1S/C13H9ClN4O5/c14-9-2-1-3-10(5-9)16-15-7-8-4-11(17(20)21)6-12(13(8)19)18(22)23/h1-7,16,19H/b15-7+. The van der Waals surface area contributed by atoms with E-state index in [1.54, 1.807) is 24.3 Å². The maximum atomic E-state index is 10.8. The highest BCUT2D eigenvalue weighted by Crippen LogP contribution is 2.33. The molecule has 0 saturated heterocycles. The number of hydrogen-bond donors (Lipinski definition) is 2. The SMILES string of the molecule is O=[N+]([O-])c1cc(/C=N/Nc2cccc(Cl)c2)c(O)c([N+](=O)[O-])c1. The van der Waals surface area contributed by atoms with Crippen LogP contribution in [0, 0.1) is 20.2 Å². The summed E-state index contributed by atoms with van der Waals surface area (Å²) in [4.78, 5) is 19.9. The first-order chi connectivity index (χ1) is 10.9. The van der Waals surface area contributed by atoms with Gasteiger partial charge in [-0.25, -0.2) is 0 Å². The number of nitro benzene ring substituents is 2.